The van der Waals surface area contributed by atoms with Crippen molar-refractivity contribution in [2.24, 2.45) is 0 Å². The molecule has 0 aliphatic rings. The van der Waals surface area contributed by atoms with Gasteiger partial charge in [0.2, 0.25) is 0 Å². The molecule has 0 saturated heterocycles. The Kier molecular flexibility index (Phi) is 4.58. The highest BCUT2D eigenvalue weighted by Gasteiger charge is 2.31. The van der Waals surface area contributed by atoms with Crippen LogP contribution in [0.3, 0.4) is 0 Å². The average Bonchev–Trinajstić information content (AvgIpc) is 2.23. The molecule has 0 fully saturated rings. The van der Waals surface area contributed by atoms with Gasteiger partial charge < -0.3 is 15.2 Å². The molecule has 4 heteroatoms. The maximum atomic E-state index is 11.8. The molecule has 1 amide bonds. The lowest BCUT2D eigenvalue weighted by Gasteiger charge is -2.31. The number of carbonyl (C=O) groups is 1. The number of carbonyl (C=O) groups excluding carboxylic acids is 1. The molecule has 0 aliphatic carbocycles. The van der Waals surface area contributed by atoms with Crippen molar-refractivity contribution in [3.8, 4) is 0 Å². The highest BCUT2D eigenvalue weighted by molar-refractivity contribution is 5.68. The van der Waals surface area contributed by atoms with E-state index in [1.54, 1.807) is 34.6 Å². The summed E-state index contributed by atoms with van der Waals surface area (Å²) in [5.41, 5.74) is -0.815. The van der Waals surface area contributed by atoms with Gasteiger partial charge in [-0.2, -0.15) is 0 Å². The van der Waals surface area contributed by atoms with E-state index in [-0.39, 0.29) is 0 Å². The summed E-state index contributed by atoms with van der Waals surface area (Å²) in [5.74, 6) is 0. The minimum absolute atomic E-state index is 0.524. The lowest BCUT2D eigenvalue weighted by molar-refractivity contribution is 0.0163. The molecule has 0 bridgehead atoms. The Hall–Kier alpha value is -1.55. The van der Waals surface area contributed by atoms with Crippen molar-refractivity contribution in [2.45, 2.75) is 51.9 Å². The zero-order valence-corrected chi connectivity index (χ0v) is 12.2. The Morgan fingerprint density at radius 1 is 1.16 bits per heavy atom. The number of amides is 1. The second-order valence-electron chi connectivity index (χ2n) is 6.14. The smallest absolute Gasteiger partial charge is 0.408 e. The first-order valence-corrected chi connectivity index (χ1v) is 6.36. The SMILES string of the molecule is CC(C)(C)OC(=O)N[C@@H](c1ccccc1)C(C)(C)O. The van der Waals surface area contributed by atoms with Crippen molar-refractivity contribution in [1.29, 1.82) is 0 Å². The van der Waals surface area contributed by atoms with Gasteiger partial charge >= 0.3 is 6.09 Å². The van der Waals surface area contributed by atoms with Gasteiger partial charge in [-0.15, -0.1) is 0 Å². The molecule has 1 aromatic rings. The van der Waals surface area contributed by atoms with E-state index < -0.39 is 23.3 Å². The standard InChI is InChI=1S/C15H23NO3/c1-14(2,3)19-13(17)16-12(15(4,5)18)11-9-7-6-8-10-11/h6-10,12,18H,1-5H3,(H,16,17)/t12-/m0/s1. The molecular weight excluding hydrogens is 242 g/mol. The summed E-state index contributed by atoms with van der Waals surface area (Å²) < 4.78 is 5.22. The van der Waals surface area contributed by atoms with E-state index in [2.05, 4.69) is 5.32 Å². The maximum Gasteiger partial charge on any atom is 0.408 e. The molecule has 106 valence electrons. The molecule has 1 atom stereocenters. The van der Waals surface area contributed by atoms with Crippen LogP contribution in [0.4, 0.5) is 4.79 Å². The largest absolute Gasteiger partial charge is 0.444 e. The molecule has 1 aromatic carbocycles. The van der Waals surface area contributed by atoms with E-state index in [0.717, 1.165) is 5.56 Å². The van der Waals surface area contributed by atoms with Gasteiger partial charge in [-0.05, 0) is 40.2 Å². The molecule has 0 heterocycles. The molecule has 19 heavy (non-hydrogen) atoms. The third-order valence-corrected chi connectivity index (χ3v) is 2.50. The van der Waals surface area contributed by atoms with Crippen LogP contribution in [0.25, 0.3) is 0 Å². The Labute approximate surface area is 114 Å². The highest BCUT2D eigenvalue weighted by Crippen LogP contribution is 2.25. The lowest BCUT2D eigenvalue weighted by Crippen LogP contribution is -2.44. The zero-order valence-electron chi connectivity index (χ0n) is 12.2. The highest BCUT2D eigenvalue weighted by atomic mass is 16.6. The fourth-order valence-electron chi connectivity index (χ4n) is 1.74. The van der Waals surface area contributed by atoms with Gasteiger partial charge in [0.25, 0.3) is 0 Å². The molecule has 1 rings (SSSR count). The Morgan fingerprint density at radius 2 is 1.68 bits per heavy atom. The van der Waals surface area contributed by atoms with Crippen molar-refractivity contribution in [3.63, 3.8) is 0 Å². The van der Waals surface area contributed by atoms with Gasteiger partial charge in [0, 0.05) is 0 Å². The van der Waals surface area contributed by atoms with Crippen LogP contribution in [-0.4, -0.2) is 22.4 Å². The molecule has 2 N–H and O–H groups in total. The summed E-state index contributed by atoms with van der Waals surface area (Å²) in [4.78, 5) is 11.8. The average molecular weight is 265 g/mol. The third-order valence-electron chi connectivity index (χ3n) is 2.50. The Balaban J connectivity index is 2.87. The van der Waals surface area contributed by atoms with E-state index in [9.17, 15) is 9.90 Å². The summed E-state index contributed by atoms with van der Waals surface area (Å²) in [7, 11) is 0. The van der Waals surface area contributed by atoms with Crippen LogP contribution in [0.1, 0.15) is 46.2 Å². The lowest BCUT2D eigenvalue weighted by atomic mass is 9.92. The minimum Gasteiger partial charge on any atom is -0.444 e. The summed E-state index contributed by atoms with van der Waals surface area (Å²) >= 11 is 0. The fraction of sp³-hybridized carbons (Fsp3) is 0.533. The van der Waals surface area contributed by atoms with Crippen molar-refractivity contribution in [2.75, 3.05) is 0 Å². The number of benzene rings is 1. The van der Waals surface area contributed by atoms with Gasteiger partial charge in [0.15, 0.2) is 0 Å². The van der Waals surface area contributed by atoms with Gasteiger partial charge in [-0.25, -0.2) is 4.79 Å². The maximum absolute atomic E-state index is 11.8. The first kappa shape index (κ1) is 15.5. The molecular formula is C15H23NO3. The normalized spacial score (nSPS) is 13.8. The van der Waals surface area contributed by atoms with Crippen molar-refractivity contribution >= 4 is 6.09 Å². The first-order valence-electron chi connectivity index (χ1n) is 6.36. The molecule has 0 aromatic heterocycles. The summed E-state index contributed by atoms with van der Waals surface area (Å²) in [6, 6.07) is 8.82. The predicted octanol–water partition coefficient (Wildman–Crippen LogP) is 3.02. The Morgan fingerprint density at radius 3 is 2.11 bits per heavy atom. The predicted molar refractivity (Wildman–Crippen MR) is 74.9 cm³/mol. The van der Waals surface area contributed by atoms with E-state index in [4.69, 9.17) is 4.74 Å². The van der Waals surface area contributed by atoms with Crippen LogP contribution >= 0.6 is 0 Å². The summed E-state index contributed by atoms with van der Waals surface area (Å²) in [6.07, 6.45) is -0.538. The summed E-state index contributed by atoms with van der Waals surface area (Å²) in [6.45, 7) is 8.71. The second-order valence-corrected chi connectivity index (χ2v) is 6.14. The van der Waals surface area contributed by atoms with Gasteiger partial charge in [0.05, 0.1) is 11.6 Å². The van der Waals surface area contributed by atoms with E-state index in [1.165, 1.54) is 0 Å². The number of ether oxygens (including phenoxy) is 1. The quantitative estimate of drug-likeness (QED) is 0.883. The van der Waals surface area contributed by atoms with Crippen molar-refractivity contribution in [3.05, 3.63) is 35.9 Å². The van der Waals surface area contributed by atoms with Crippen LogP contribution in [0.15, 0.2) is 30.3 Å². The topological polar surface area (TPSA) is 58.6 Å². The number of hydrogen-bond acceptors (Lipinski definition) is 3. The molecule has 0 aliphatic heterocycles. The number of nitrogens with one attached hydrogen (secondary N) is 1. The Bertz CT molecular complexity index is 415. The van der Waals surface area contributed by atoms with Gasteiger partial charge in [-0.3, -0.25) is 0 Å². The van der Waals surface area contributed by atoms with Crippen molar-refractivity contribution in [1.82, 2.24) is 5.32 Å². The number of aliphatic hydroxyl groups is 1. The zero-order chi connectivity index (χ0) is 14.7. The van der Waals surface area contributed by atoms with Crippen LogP contribution in [0.2, 0.25) is 0 Å². The van der Waals surface area contributed by atoms with Gasteiger partial charge in [0.1, 0.15) is 5.60 Å². The van der Waals surface area contributed by atoms with Gasteiger partial charge in [-0.1, -0.05) is 30.3 Å². The molecule has 0 unspecified atom stereocenters. The minimum atomic E-state index is -1.09. The first-order chi connectivity index (χ1) is 8.59. The third kappa shape index (κ3) is 5.30. The van der Waals surface area contributed by atoms with Crippen LogP contribution in [-0.2, 0) is 4.74 Å². The number of hydrogen-bond donors (Lipinski definition) is 2. The summed E-state index contributed by atoms with van der Waals surface area (Å²) in [5, 5.41) is 12.9. The molecule has 4 nitrogen and oxygen atoms in total. The van der Waals surface area contributed by atoms with E-state index in [0.29, 0.717) is 0 Å². The second kappa shape index (κ2) is 5.61. The molecule has 0 saturated carbocycles. The van der Waals surface area contributed by atoms with Crippen LogP contribution < -0.4 is 5.32 Å². The van der Waals surface area contributed by atoms with E-state index in [1.807, 2.05) is 30.3 Å². The van der Waals surface area contributed by atoms with Crippen LogP contribution in [0, 0.1) is 0 Å². The monoisotopic (exact) mass is 265 g/mol. The fourth-order valence-corrected chi connectivity index (χ4v) is 1.74. The molecule has 0 spiro atoms. The number of rotatable bonds is 3. The van der Waals surface area contributed by atoms with Crippen molar-refractivity contribution < 1.29 is 14.6 Å². The van der Waals surface area contributed by atoms with Crippen LogP contribution in [0.5, 0.6) is 0 Å². The van der Waals surface area contributed by atoms with E-state index >= 15 is 0 Å². The molecule has 0 radical (unpaired) electrons. The number of alkyl carbamates (subject to hydrolysis) is 1.